The van der Waals surface area contributed by atoms with Gasteiger partial charge in [-0.1, -0.05) is 20.8 Å². The zero-order valence-electron chi connectivity index (χ0n) is 10.4. The summed E-state index contributed by atoms with van der Waals surface area (Å²) in [5.41, 5.74) is 6.08. The SMILES string of the molecule is CCC1(C)CCN(C(=O)C(C)C(C)N)C1. The molecule has 0 saturated carbocycles. The van der Waals surface area contributed by atoms with Crippen molar-refractivity contribution in [2.24, 2.45) is 17.1 Å². The third kappa shape index (κ3) is 2.71. The molecule has 1 fully saturated rings. The number of rotatable bonds is 3. The quantitative estimate of drug-likeness (QED) is 0.772. The lowest BCUT2D eigenvalue weighted by Crippen LogP contribution is -2.41. The molecular weight excluding hydrogens is 188 g/mol. The van der Waals surface area contributed by atoms with E-state index in [9.17, 15) is 4.79 Å². The van der Waals surface area contributed by atoms with E-state index in [4.69, 9.17) is 5.73 Å². The van der Waals surface area contributed by atoms with Gasteiger partial charge in [-0.15, -0.1) is 0 Å². The van der Waals surface area contributed by atoms with Gasteiger partial charge in [-0.2, -0.15) is 0 Å². The number of carbonyl (C=O) groups is 1. The van der Waals surface area contributed by atoms with Crippen LogP contribution in [0.4, 0.5) is 0 Å². The molecule has 3 nitrogen and oxygen atoms in total. The molecular formula is C12H24N2O. The van der Waals surface area contributed by atoms with Crippen LogP contribution in [-0.2, 0) is 4.79 Å². The van der Waals surface area contributed by atoms with Crippen LogP contribution < -0.4 is 5.73 Å². The van der Waals surface area contributed by atoms with Crippen molar-refractivity contribution in [3.63, 3.8) is 0 Å². The molecule has 15 heavy (non-hydrogen) atoms. The van der Waals surface area contributed by atoms with Gasteiger partial charge in [0, 0.05) is 19.1 Å². The second-order valence-electron chi connectivity index (χ2n) is 5.32. The largest absolute Gasteiger partial charge is 0.342 e. The molecule has 0 spiro atoms. The van der Waals surface area contributed by atoms with Crippen LogP contribution >= 0.6 is 0 Å². The number of nitrogens with two attached hydrogens (primary N) is 1. The third-order valence-electron chi connectivity index (χ3n) is 3.90. The van der Waals surface area contributed by atoms with Crippen LogP contribution in [0.15, 0.2) is 0 Å². The van der Waals surface area contributed by atoms with Crippen molar-refractivity contribution >= 4 is 5.91 Å². The minimum atomic E-state index is -0.0517. The first kappa shape index (κ1) is 12.5. The van der Waals surface area contributed by atoms with Crippen molar-refractivity contribution in [1.29, 1.82) is 0 Å². The molecule has 0 aliphatic carbocycles. The maximum atomic E-state index is 12.0. The number of carbonyl (C=O) groups excluding carboxylic acids is 1. The van der Waals surface area contributed by atoms with E-state index in [1.54, 1.807) is 0 Å². The van der Waals surface area contributed by atoms with Crippen LogP contribution in [0.3, 0.4) is 0 Å². The number of amides is 1. The van der Waals surface area contributed by atoms with Gasteiger partial charge in [0.15, 0.2) is 0 Å². The Morgan fingerprint density at radius 3 is 2.53 bits per heavy atom. The van der Waals surface area contributed by atoms with E-state index in [0.29, 0.717) is 5.41 Å². The van der Waals surface area contributed by atoms with Gasteiger partial charge in [0.1, 0.15) is 0 Å². The lowest BCUT2D eigenvalue weighted by molar-refractivity contribution is -0.134. The highest BCUT2D eigenvalue weighted by Crippen LogP contribution is 2.33. The highest BCUT2D eigenvalue weighted by molar-refractivity contribution is 5.79. The molecule has 0 aromatic carbocycles. The Balaban J connectivity index is 2.57. The summed E-state index contributed by atoms with van der Waals surface area (Å²) >= 11 is 0. The van der Waals surface area contributed by atoms with Crippen LogP contribution in [0.5, 0.6) is 0 Å². The van der Waals surface area contributed by atoms with Crippen molar-refractivity contribution in [2.45, 2.75) is 46.6 Å². The molecule has 88 valence electrons. The first-order valence-electron chi connectivity index (χ1n) is 5.94. The lowest BCUT2D eigenvalue weighted by Gasteiger charge is -2.26. The summed E-state index contributed by atoms with van der Waals surface area (Å²) < 4.78 is 0. The fourth-order valence-corrected chi connectivity index (χ4v) is 2.01. The van der Waals surface area contributed by atoms with Crippen molar-refractivity contribution in [1.82, 2.24) is 4.90 Å². The highest BCUT2D eigenvalue weighted by atomic mass is 16.2. The minimum Gasteiger partial charge on any atom is -0.342 e. The number of likely N-dealkylation sites (tertiary alicyclic amines) is 1. The van der Waals surface area contributed by atoms with Crippen molar-refractivity contribution < 1.29 is 4.79 Å². The second kappa shape index (κ2) is 4.52. The van der Waals surface area contributed by atoms with Gasteiger partial charge in [-0.3, -0.25) is 4.79 Å². The summed E-state index contributed by atoms with van der Waals surface area (Å²) in [4.78, 5) is 14.0. The molecule has 3 unspecified atom stereocenters. The summed E-state index contributed by atoms with van der Waals surface area (Å²) in [6, 6.07) is -0.0500. The minimum absolute atomic E-state index is 0.0500. The summed E-state index contributed by atoms with van der Waals surface area (Å²) in [7, 11) is 0. The fraction of sp³-hybridized carbons (Fsp3) is 0.917. The summed E-state index contributed by atoms with van der Waals surface area (Å²) in [6.07, 6.45) is 2.27. The Labute approximate surface area is 93.0 Å². The number of hydrogen-bond acceptors (Lipinski definition) is 2. The molecule has 3 atom stereocenters. The first-order chi connectivity index (χ1) is 6.89. The average Bonchev–Trinajstić information content (AvgIpc) is 2.59. The maximum Gasteiger partial charge on any atom is 0.226 e. The Morgan fingerprint density at radius 2 is 2.13 bits per heavy atom. The van der Waals surface area contributed by atoms with E-state index in [1.165, 1.54) is 0 Å². The van der Waals surface area contributed by atoms with Gasteiger partial charge < -0.3 is 10.6 Å². The Kier molecular flexibility index (Phi) is 3.77. The van der Waals surface area contributed by atoms with Gasteiger partial charge in [-0.05, 0) is 25.2 Å². The predicted molar refractivity (Wildman–Crippen MR) is 62.4 cm³/mol. The van der Waals surface area contributed by atoms with Crippen LogP contribution in [0.1, 0.15) is 40.5 Å². The van der Waals surface area contributed by atoms with Gasteiger partial charge in [-0.25, -0.2) is 0 Å². The van der Waals surface area contributed by atoms with Crippen molar-refractivity contribution in [3.05, 3.63) is 0 Å². The van der Waals surface area contributed by atoms with Crippen molar-refractivity contribution in [3.8, 4) is 0 Å². The van der Waals surface area contributed by atoms with E-state index in [-0.39, 0.29) is 17.9 Å². The highest BCUT2D eigenvalue weighted by Gasteiger charge is 2.36. The smallest absolute Gasteiger partial charge is 0.226 e. The Bertz CT molecular complexity index is 240. The van der Waals surface area contributed by atoms with Crippen molar-refractivity contribution in [2.75, 3.05) is 13.1 Å². The Morgan fingerprint density at radius 1 is 1.53 bits per heavy atom. The average molecular weight is 212 g/mol. The molecule has 0 aromatic rings. The molecule has 1 saturated heterocycles. The molecule has 1 aliphatic rings. The van der Waals surface area contributed by atoms with Gasteiger partial charge in [0.2, 0.25) is 5.91 Å². The van der Waals surface area contributed by atoms with E-state index in [2.05, 4.69) is 13.8 Å². The molecule has 2 N–H and O–H groups in total. The van der Waals surface area contributed by atoms with Crippen LogP contribution in [-0.4, -0.2) is 29.9 Å². The van der Waals surface area contributed by atoms with E-state index in [1.807, 2.05) is 18.7 Å². The first-order valence-corrected chi connectivity index (χ1v) is 5.94. The number of hydrogen-bond donors (Lipinski definition) is 1. The van der Waals surface area contributed by atoms with Crippen LogP contribution in [0.2, 0.25) is 0 Å². The summed E-state index contributed by atoms with van der Waals surface area (Å²) in [5.74, 6) is 0.173. The Hall–Kier alpha value is -0.570. The van der Waals surface area contributed by atoms with E-state index >= 15 is 0 Å². The zero-order valence-corrected chi connectivity index (χ0v) is 10.4. The molecule has 0 aromatic heterocycles. The molecule has 3 heteroatoms. The standard InChI is InChI=1S/C12H24N2O/c1-5-12(4)6-7-14(8-12)11(15)9(2)10(3)13/h9-10H,5-8,13H2,1-4H3. The molecule has 0 radical (unpaired) electrons. The summed E-state index contributed by atoms with van der Waals surface area (Å²) in [6.45, 7) is 10.1. The molecule has 0 bridgehead atoms. The maximum absolute atomic E-state index is 12.0. The molecule has 1 rings (SSSR count). The predicted octanol–water partition coefficient (Wildman–Crippen LogP) is 1.62. The van der Waals surface area contributed by atoms with Gasteiger partial charge in [0.05, 0.1) is 5.92 Å². The van der Waals surface area contributed by atoms with E-state index in [0.717, 1.165) is 25.9 Å². The number of nitrogens with zero attached hydrogens (tertiary/aromatic N) is 1. The third-order valence-corrected chi connectivity index (χ3v) is 3.90. The zero-order chi connectivity index (χ0) is 11.6. The second-order valence-corrected chi connectivity index (χ2v) is 5.32. The monoisotopic (exact) mass is 212 g/mol. The summed E-state index contributed by atoms with van der Waals surface area (Å²) in [5, 5.41) is 0. The van der Waals surface area contributed by atoms with Gasteiger partial charge >= 0.3 is 0 Å². The molecule has 1 aliphatic heterocycles. The van der Waals surface area contributed by atoms with Crippen LogP contribution in [0.25, 0.3) is 0 Å². The van der Waals surface area contributed by atoms with Gasteiger partial charge in [0.25, 0.3) is 0 Å². The normalized spacial score (nSPS) is 30.3. The molecule has 1 amide bonds. The fourth-order valence-electron chi connectivity index (χ4n) is 2.01. The molecule has 1 heterocycles. The lowest BCUT2D eigenvalue weighted by atomic mass is 9.87. The van der Waals surface area contributed by atoms with Crippen LogP contribution in [0, 0.1) is 11.3 Å². The topological polar surface area (TPSA) is 46.3 Å². The van der Waals surface area contributed by atoms with E-state index < -0.39 is 0 Å².